The molecule has 0 saturated heterocycles. The number of aromatic hydroxyl groups is 2. The molecule has 0 aliphatic carbocycles. The Morgan fingerprint density at radius 2 is 1.38 bits per heavy atom. The molecule has 2 aromatic carbocycles. The summed E-state index contributed by atoms with van der Waals surface area (Å²) in [7, 11) is 0. The van der Waals surface area contributed by atoms with E-state index in [2.05, 4.69) is 0 Å². The zero-order valence-corrected chi connectivity index (χ0v) is 9.36. The van der Waals surface area contributed by atoms with Gasteiger partial charge in [0.25, 0.3) is 0 Å². The highest BCUT2D eigenvalue weighted by atomic mass is 16.3. The van der Waals surface area contributed by atoms with Crippen molar-refractivity contribution in [3.8, 4) is 22.6 Å². The number of phenolic OH excluding ortho intramolecular Hbond substituents is 2. The van der Waals surface area contributed by atoms with Crippen LogP contribution in [-0.4, -0.2) is 10.2 Å². The minimum Gasteiger partial charge on any atom is -0.504 e. The Morgan fingerprint density at radius 1 is 0.688 bits per heavy atom. The van der Waals surface area contributed by atoms with Crippen LogP contribution >= 0.6 is 0 Å². The van der Waals surface area contributed by atoms with E-state index < -0.39 is 0 Å². The van der Waals surface area contributed by atoms with Crippen molar-refractivity contribution >= 4 is 0 Å². The van der Waals surface area contributed by atoms with Crippen LogP contribution in [0.15, 0.2) is 36.4 Å². The molecule has 82 valence electrons. The molecule has 2 rings (SSSR count). The van der Waals surface area contributed by atoms with Gasteiger partial charge in [0.1, 0.15) is 0 Å². The fraction of sp³-hybridized carbons (Fsp3) is 0.143. The summed E-state index contributed by atoms with van der Waals surface area (Å²) < 4.78 is 0. The number of hydrogen-bond acceptors (Lipinski definition) is 2. The van der Waals surface area contributed by atoms with Gasteiger partial charge in [-0.25, -0.2) is 0 Å². The van der Waals surface area contributed by atoms with E-state index in [0.717, 1.165) is 11.1 Å². The van der Waals surface area contributed by atoms with Gasteiger partial charge in [-0.1, -0.05) is 36.4 Å². The Bertz CT molecular complexity index is 530. The minimum absolute atomic E-state index is 0.0410. The largest absolute Gasteiger partial charge is 0.504 e. The molecule has 0 unspecified atom stereocenters. The van der Waals surface area contributed by atoms with Crippen molar-refractivity contribution in [3.63, 3.8) is 0 Å². The molecule has 0 aliphatic heterocycles. The van der Waals surface area contributed by atoms with E-state index in [1.807, 2.05) is 37.3 Å². The Labute approximate surface area is 94.8 Å². The minimum atomic E-state index is -0.0469. The first-order valence-electron chi connectivity index (χ1n) is 5.19. The molecule has 2 heteroatoms. The molecular formula is C14H14O2. The van der Waals surface area contributed by atoms with E-state index >= 15 is 0 Å². The summed E-state index contributed by atoms with van der Waals surface area (Å²) in [6.07, 6.45) is 0. The van der Waals surface area contributed by atoms with Gasteiger partial charge in [-0.15, -0.1) is 0 Å². The molecule has 0 fully saturated rings. The maximum Gasteiger partial charge on any atom is 0.165 e. The van der Waals surface area contributed by atoms with Crippen molar-refractivity contribution in [3.05, 3.63) is 47.5 Å². The predicted octanol–water partition coefficient (Wildman–Crippen LogP) is 3.38. The van der Waals surface area contributed by atoms with E-state index in [1.165, 1.54) is 0 Å². The van der Waals surface area contributed by atoms with E-state index in [-0.39, 0.29) is 11.5 Å². The van der Waals surface area contributed by atoms with Gasteiger partial charge in [-0.05, 0) is 30.5 Å². The summed E-state index contributed by atoms with van der Waals surface area (Å²) in [5.74, 6) is -0.0879. The first-order chi connectivity index (χ1) is 7.61. The first kappa shape index (κ1) is 10.6. The smallest absolute Gasteiger partial charge is 0.165 e. The number of rotatable bonds is 1. The number of phenols is 2. The maximum absolute atomic E-state index is 9.91. The second-order valence-corrected chi connectivity index (χ2v) is 3.94. The van der Waals surface area contributed by atoms with Gasteiger partial charge >= 0.3 is 0 Å². The predicted molar refractivity (Wildman–Crippen MR) is 64.7 cm³/mol. The van der Waals surface area contributed by atoms with Gasteiger partial charge < -0.3 is 10.2 Å². The van der Waals surface area contributed by atoms with Gasteiger partial charge in [0.15, 0.2) is 11.5 Å². The van der Waals surface area contributed by atoms with Crippen molar-refractivity contribution in [2.75, 3.05) is 0 Å². The second-order valence-electron chi connectivity index (χ2n) is 3.94. The molecule has 0 aromatic heterocycles. The van der Waals surface area contributed by atoms with Crippen LogP contribution in [0.2, 0.25) is 0 Å². The van der Waals surface area contributed by atoms with Crippen LogP contribution in [0.1, 0.15) is 11.1 Å². The molecule has 0 radical (unpaired) electrons. The lowest BCUT2D eigenvalue weighted by Gasteiger charge is -2.10. The molecule has 0 atom stereocenters. The Morgan fingerprint density at radius 3 is 2.06 bits per heavy atom. The Kier molecular flexibility index (Phi) is 2.57. The highest BCUT2D eigenvalue weighted by Gasteiger charge is 2.11. The first-order valence-corrected chi connectivity index (χ1v) is 5.19. The normalized spacial score (nSPS) is 10.4. The van der Waals surface area contributed by atoms with Gasteiger partial charge in [-0.2, -0.15) is 0 Å². The highest BCUT2D eigenvalue weighted by molar-refractivity contribution is 5.76. The van der Waals surface area contributed by atoms with Crippen molar-refractivity contribution in [2.24, 2.45) is 0 Å². The van der Waals surface area contributed by atoms with Crippen LogP contribution in [-0.2, 0) is 0 Å². The molecule has 2 nitrogen and oxygen atoms in total. The summed E-state index contributed by atoms with van der Waals surface area (Å²) in [6, 6.07) is 11.4. The molecule has 0 amide bonds. The molecule has 0 bridgehead atoms. The van der Waals surface area contributed by atoms with E-state index in [1.54, 1.807) is 13.0 Å². The molecule has 16 heavy (non-hydrogen) atoms. The lowest BCUT2D eigenvalue weighted by molar-refractivity contribution is 0.402. The van der Waals surface area contributed by atoms with Crippen LogP contribution in [0.4, 0.5) is 0 Å². The molecule has 0 spiro atoms. The van der Waals surface area contributed by atoms with Gasteiger partial charge in [0, 0.05) is 5.56 Å². The average Bonchev–Trinajstić information content (AvgIpc) is 2.28. The third kappa shape index (κ3) is 1.63. The summed E-state index contributed by atoms with van der Waals surface area (Å²) in [4.78, 5) is 0. The number of aryl methyl sites for hydroxylation is 2. The topological polar surface area (TPSA) is 40.5 Å². The van der Waals surface area contributed by atoms with Crippen molar-refractivity contribution in [2.45, 2.75) is 13.8 Å². The Hall–Kier alpha value is -1.96. The van der Waals surface area contributed by atoms with E-state index in [0.29, 0.717) is 11.1 Å². The van der Waals surface area contributed by atoms with Crippen LogP contribution in [0.3, 0.4) is 0 Å². The van der Waals surface area contributed by atoms with Crippen molar-refractivity contribution in [1.82, 2.24) is 0 Å². The Balaban J connectivity index is 2.66. The van der Waals surface area contributed by atoms with E-state index in [4.69, 9.17) is 0 Å². The standard InChI is InChI=1S/C14H14O2/c1-9-5-3-4-6-11(9)12-8-7-10(2)13(15)14(12)16/h3-8,15-16H,1-2H3. The molecule has 2 N–H and O–H groups in total. The van der Waals surface area contributed by atoms with Crippen LogP contribution in [0, 0.1) is 13.8 Å². The van der Waals surface area contributed by atoms with Gasteiger partial charge in [-0.3, -0.25) is 0 Å². The number of benzene rings is 2. The van der Waals surface area contributed by atoms with Gasteiger partial charge in [0.2, 0.25) is 0 Å². The zero-order valence-electron chi connectivity index (χ0n) is 9.36. The third-order valence-electron chi connectivity index (χ3n) is 2.79. The number of hydrogen-bond donors (Lipinski definition) is 2. The third-order valence-corrected chi connectivity index (χ3v) is 2.79. The molecular weight excluding hydrogens is 200 g/mol. The quantitative estimate of drug-likeness (QED) is 0.714. The van der Waals surface area contributed by atoms with Gasteiger partial charge in [0.05, 0.1) is 0 Å². The van der Waals surface area contributed by atoms with Crippen LogP contribution < -0.4 is 0 Å². The molecule has 0 saturated carbocycles. The summed E-state index contributed by atoms with van der Waals surface area (Å²) >= 11 is 0. The molecule has 0 aliphatic rings. The lowest BCUT2D eigenvalue weighted by Crippen LogP contribution is -1.85. The van der Waals surface area contributed by atoms with Crippen LogP contribution in [0.25, 0.3) is 11.1 Å². The fourth-order valence-electron chi connectivity index (χ4n) is 1.77. The molecule has 0 heterocycles. The summed E-state index contributed by atoms with van der Waals surface area (Å²) in [6.45, 7) is 3.74. The zero-order chi connectivity index (χ0) is 11.7. The fourth-order valence-corrected chi connectivity index (χ4v) is 1.77. The summed E-state index contributed by atoms with van der Waals surface area (Å²) in [5.41, 5.74) is 3.35. The molecule has 2 aromatic rings. The van der Waals surface area contributed by atoms with Crippen molar-refractivity contribution < 1.29 is 10.2 Å². The van der Waals surface area contributed by atoms with E-state index in [9.17, 15) is 10.2 Å². The monoisotopic (exact) mass is 214 g/mol. The SMILES string of the molecule is Cc1ccccc1-c1ccc(C)c(O)c1O. The second kappa shape index (κ2) is 3.89. The van der Waals surface area contributed by atoms with Crippen LogP contribution in [0.5, 0.6) is 11.5 Å². The summed E-state index contributed by atoms with van der Waals surface area (Å²) in [5, 5.41) is 19.6. The average molecular weight is 214 g/mol. The van der Waals surface area contributed by atoms with Crippen molar-refractivity contribution in [1.29, 1.82) is 0 Å². The maximum atomic E-state index is 9.91. The lowest BCUT2D eigenvalue weighted by atomic mass is 9.98. The highest BCUT2D eigenvalue weighted by Crippen LogP contribution is 2.39.